The van der Waals surface area contributed by atoms with E-state index < -0.39 is 23.8 Å². The van der Waals surface area contributed by atoms with E-state index in [4.69, 9.17) is 5.73 Å². The van der Waals surface area contributed by atoms with Gasteiger partial charge in [0.05, 0.1) is 6.04 Å². The maximum Gasteiger partial charge on any atom is 0.128 e. The summed E-state index contributed by atoms with van der Waals surface area (Å²) in [6.07, 6.45) is -0.415. The van der Waals surface area contributed by atoms with Gasteiger partial charge in [-0.05, 0) is 18.2 Å². The number of nitrogens with two attached hydrogens (primary N) is 1. The number of hydrazine groups is 3. The van der Waals surface area contributed by atoms with Crippen LogP contribution in [0.25, 0.3) is 0 Å². The van der Waals surface area contributed by atoms with E-state index in [1.165, 1.54) is 0 Å². The molecule has 1 aromatic rings. The van der Waals surface area contributed by atoms with Crippen LogP contribution in [0.3, 0.4) is 0 Å². The first-order chi connectivity index (χ1) is 7.18. The lowest BCUT2D eigenvalue weighted by atomic mass is 10.0. The monoisotopic (exact) mass is 251 g/mol. The zero-order valence-electron chi connectivity index (χ0n) is 8.13. The second kappa shape index (κ2) is 5.48. The first kappa shape index (κ1) is 13.2. The normalized spacial score (nSPS) is 18.2. The topological polar surface area (TPSA) is 74.1 Å². The highest BCUT2D eigenvalue weighted by atomic mass is 35.5. The molecule has 1 aliphatic rings. The SMILES string of the molecule is Cl.NC(c1cc(F)ccc1F)C1NNNN1. The standard InChI is InChI=1S/C8H11F2N5.ClH/c9-4-1-2-6(10)5(3-4)7(11)8-12-14-15-13-8;/h1-3,7-8,12-15H,11H2;1H. The smallest absolute Gasteiger partial charge is 0.128 e. The Morgan fingerprint density at radius 1 is 1.19 bits per heavy atom. The number of hydrogen-bond donors (Lipinski definition) is 5. The van der Waals surface area contributed by atoms with Crippen LogP contribution in [0.15, 0.2) is 18.2 Å². The summed E-state index contributed by atoms with van der Waals surface area (Å²) < 4.78 is 26.2. The number of nitrogens with one attached hydrogen (secondary N) is 4. The second-order valence-corrected chi connectivity index (χ2v) is 3.21. The Bertz CT molecular complexity index is 358. The molecule has 1 unspecified atom stereocenters. The van der Waals surface area contributed by atoms with Crippen LogP contribution in [0.2, 0.25) is 0 Å². The highest BCUT2D eigenvalue weighted by molar-refractivity contribution is 5.85. The minimum Gasteiger partial charge on any atom is -0.321 e. The highest BCUT2D eigenvalue weighted by Crippen LogP contribution is 2.18. The van der Waals surface area contributed by atoms with Crippen LogP contribution in [0.4, 0.5) is 8.78 Å². The van der Waals surface area contributed by atoms with E-state index in [0.29, 0.717) is 0 Å². The third-order valence-electron chi connectivity index (χ3n) is 2.19. The van der Waals surface area contributed by atoms with Crippen LogP contribution >= 0.6 is 12.4 Å². The van der Waals surface area contributed by atoms with Gasteiger partial charge in [-0.1, -0.05) is 0 Å². The molecule has 6 N–H and O–H groups in total. The van der Waals surface area contributed by atoms with Crippen molar-refractivity contribution in [3.63, 3.8) is 0 Å². The Morgan fingerprint density at radius 2 is 1.81 bits per heavy atom. The molecule has 90 valence electrons. The summed E-state index contributed by atoms with van der Waals surface area (Å²) in [5, 5.41) is 0. The molecule has 1 heterocycles. The van der Waals surface area contributed by atoms with Gasteiger partial charge in [-0.15, -0.1) is 12.4 Å². The molecule has 2 rings (SSSR count). The Kier molecular flexibility index (Phi) is 4.54. The van der Waals surface area contributed by atoms with E-state index in [-0.39, 0.29) is 18.0 Å². The van der Waals surface area contributed by atoms with Gasteiger partial charge in [0.1, 0.15) is 17.8 Å². The maximum absolute atomic E-state index is 13.3. The minimum atomic E-state index is -0.705. The Hall–Kier alpha value is -0.830. The summed E-state index contributed by atoms with van der Waals surface area (Å²) in [4.78, 5) is 0. The molecule has 1 aromatic carbocycles. The molecular formula is C8H12ClF2N5. The Labute approximate surface area is 97.1 Å². The molecule has 8 heteroatoms. The third kappa shape index (κ3) is 2.64. The van der Waals surface area contributed by atoms with E-state index in [2.05, 4.69) is 21.9 Å². The van der Waals surface area contributed by atoms with Crippen LogP contribution in [0, 0.1) is 11.6 Å². The first-order valence-electron chi connectivity index (χ1n) is 4.40. The van der Waals surface area contributed by atoms with Crippen molar-refractivity contribution in [2.75, 3.05) is 0 Å². The fourth-order valence-electron chi connectivity index (χ4n) is 1.39. The molecule has 0 aromatic heterocycles. The first-order valence-corrected chi connectivity index (χ1v) is 4.40. The van der Waals surface area contributed by atoms with Crippen molar-refractivity contribution >= 4 is 12.4 Å². The largest absolute Gasteiger partial charge is 0.321 e. The molecule has 0 amide bonds. The lowest BCUT2D eigenvalue weighted by molar-refractivity contribution is 0.424. The van der Waals surface area contributed by atoms with Gasteiger partial charge < -0.3 is 5.73 Å². The summed E-state index contributed by atoms with van der Waals surface area (Å²) in [6, 6.07) is 2.49. The van der Waals surface area contributed by atoms with Gasteiger partial charge in [0.15, 0.2) is 0 Å². The lowest BCUT2D eigenvalue weighted by Crippen LogP contribution is -2.43. The van der Waals surface area contributed by atoms with Gasteiger partial charge in [-0.2, -0.15) is 11.1 Å². The molecule has 1 aliphatic heterocycles. The summed E-state index contributed by atoms with van der Waals surface area (Å²) >= 11 is 0. The van der Waals surface area contributed by atoms with E-state index >= 15 is 0 Å². The number of rotatable bonds is 2. The van der Waals surface area contributed by atoms with Crippen LogP contribution in [-0.2, 0) is 0 Å². The van der Waals surface area contributed by atoms with E-state index in [1.807, 2.05) is 0 Å². The van der Waals surface area contributed by atoms with Crippen LogP contribution in [-0.4, -0.2) is 6.17 Å². The summed E-state index contributed by atoms with van der Waals surface area (Å²) in [5.41, 5.74) is 16.4. The second-order valence-electron chi connectivity index (χ2n) is 3.21. The van der Waals surface area contributed by atoms with Crippen LogP contribution < -0.4 is 27.7 Å². The molecule has 1 fully saturated rings. The van der Waals surface area contributed by atoms with Crippen LogP contribution in [0.5, 0.6) is 0 Å². The lowest BCUT2D eigenvalue weighted by Gasteiger charge is -2.18. The minimum absolute atomic E-state index is 0. The summed E-state index contributed by atoms with van der Waals surface area (Å²) in [7, 11) is 0. The van der Waals surface area contributed by atoms with Crippen molar-refractivity contribution in [2.45, 2.75) is 12.2 Å². The zero-order chi connectivity index (χ0) is 10.8. The Balaban J connectivity index is 0.00000128. The number of benzene rings is 1. The van der Waals surface area contributed by atoms with Crippen LogP contribution in [0.1, 0.15) is 11.6 Å². The quantitative estimate of drug-likeness (QED) is 0.505. The third-order valence-corrected chi connectivity index (χ3v) is 2.19. The predicted octanol–water partition coefficient (Wildman–Crippen LogP) is -0.171. The molecular weight excluding hydrogens is 240 g/mol. The van der Waals surface area contributed by atoms with Crippen molar-refractivity contribution in [3.05, 3.63) is 35.4 Å². The number of halogens is 3. The van der Waals surface area contributed by atoms with Crippen molar-refractivity contribution in [2.24, 2.45) is 5.73 Å². The van der Waals surface area contributed by atoms with E-state index in [0.717, 1.165) is 18.2 Å². The molecule has 0 spiro atoms. The summed E-state index contributed by atoms with van der Waals surface area (Å²) in [5.74, 6) is -1.04. The van der Waals surface area contributed by atoms with Crippen molar-refractivity contribution < 1.29 is 8.78 Å². The molecule has 0 radical (unpaired) electrons. The van der Waals surface area contributed by atoms with Gasteiger partial charge in [-0.25, -0.2) is 19.6 Å². The van der Waals surface area contributed by atoms with Crippen molar-refractivity contribution in [1.82, 2.24) is 21.9 Å². The highest BCUT2D eigenvalue weighted by Gasteiger charge is 2.24. The zero-order valence-corrected chi connectivity index (χ0v) is 8.94. The van der Waals surface area contributed by atoms with Crippen molar-refractivity contribution in [3.8, 4) is 0 Å². The van der Waals surface area contributed by atoms with E-state index in [9.17, 15) is 8.78 Å². The molecule has 1 atom stereocenters. The Morgan fingerprint density at radius 3 is 2.44 bits per heavy atom. The molecule has 0 aliphatic carbocycles. The van der Waals surface area contributed by atoms with Gasteiger partial charge in [0.2, 0.25) is 0 Å². The number of hydrogen-bond acceptors (Lipinski definition) is 5. The molecule has 0 saturated carbocycles. The van der Waals surface area contributed by atoms with Gasteiger partial charge >= 0.3 is 0 Å². The average molecular weight is 252 g/mol. The van der Waals surface area contributed by atoms with Gasteiger partial charge in [0, 0.05) is 5.56 Å². The van der Waals surface area contributed by atoms with Gasteiger partial charge in [0.25, 0.3) is 0 Å². The fraction of sp³-hybridized carbons (Fsp3) is 0.250. The van der Waals surface area contributed by atoms with E-state index in [1.54, 1.807) is 0 Å². The van der Waals surface area contributed by atoms with Gasteiger partial charge in [-0.3, -0.25) is 0 Å². The fourth-order valence-corrected chi connectivity index (χ4v) is 1.39. The maximum atomic E-state index is 13.3. The molecule has 5 nitrogen and oxygen atoms in total. The predicted molar refractivity (Wildman–Crippen MR) is 56.9 cm³/mol. The summed E-state index contributed by atoms with van der Waals surface area (Å²) in [6.45, 7) is 0. The average Bonchev–Trinajstić information content (AvgIpc) is 2.74. The molecule has 0 bridgehead atoms. The molecule has 1 saturated heterocycles. The van der Waals surface area contributed by atoms with Crippen molar-refractivity contribution in [1.29, 1.82) is 0 Å². The molecule has 16 heavy (non-hydrogen) atoms.